The summed E-state index contributed by atoms with van der Waals surface area (Å²) in [6.07, 6.45) is 0.994. The summed E-state index contributed by atoms with van der Waals surface area (Å²) in [4.78, 5) is 9.78. The average Bonchev–Trinajstić information content (AvgIpc) is 2.61. The van der Waals surface area contributed by atoms with Crippen LogP contribution in [0, 0.1) is 6.92 Å². The van der Waals surface area contributed by atoms with Crippen LogP contribution in [0.1, 0.15) is 45.2 Å². The summed E-state index contributed by atoms with van der Waals surface area (Å²) < 4.78 is 0. The van der Waals surface area contributed by atoms with E-state index >= 15 is 0 Å². The first-order chi connectivity index (χ1) is 12.4. The van der Waals surface area contributed by atoms with Crippen LogP contribution in [0.2, 0.25) is 0 Å². The molecule has 0 aromatic heterocycles. The normalized spacial score (nSPS) is 19.8. The van der Waals surface area contributed by atoms with Gasteiger partial charge in [-0.2, -0.15) is 10.1 Å². The number of allylic oxidation sites excluding steroid dienone is 1. The number of rotatable bonds is 2. The average molecular weight is 354 g/mol. The van der Waals surface area contributed by atoms with E-state index < -0.39 is 0 Å². The maximum Gasteiger partial charge on any atom is 0.227 e. The number of aliphatic imine (C=N–C) groups is 1. The number of aryl methyl sites for hydroxylation is 1. The summed E-state index contributed by atoms with van der Waals surface area (Å²) >= 11 is 0. The van der Waals surface area contributed by atoms with E-state index in [0.717, 1.165) is 50.0 Å². The zero-order valence-corrected chi connectivity index (χ0v) is 17.0. The molecule has 2 heterocycles. The van der Waals surface area contributed by atoms with Gasteiger partial charge in [0.25, 0.3) is 0 Å². The predicted molar refractivity (Wildman–Crippen MR) is 111 cm³/mol. The fourth-order valence-corrected chi connectivity index (χ4v) is 3.39. The minimum Gasteiger partial charge on any atom is -0.338 e. The van der Waals surface area contributed by atoms with E-state index in [1.165, 1.54) is 22.4 Å². The Morgan fingerprint density at radius 3 is 2.42 bits per heavy atom. The number of likely N-dealkylation sites (N-methyl/N-ethyl adjacent to an activating group) is 1. The number of guanidine groups is 1. The molecule has 1 aromatic carbocycles. The number of hydrogen-bond donors (Lipinski definition) is 0. The topological polar surface area (TPSA) is 34.4 Å². The third-order valence-corrected chi connectivity index (χ3v) is 5.05. The Bertz CT molecular complexity index is 763. The van der Waals surface area contributed by atoms with Crippen molar-refractivity contribution in [1.82, 2.24) is 14.8 Å². The molecule has 2 aliphatic rings. The van der Waals surface area contributed by atoms with Crippen molar-refractivity contribution in [3.63, 3.8) is 0 Å². The summed E-state index contributed by atoms with van der Waals surface area (Å²) in [6, 6.07) is 6.53. The molecule has 0 amide bonds. The molecular formula is C21H31N5. The van der Waals surface area contributed by atoms with E-state index in [2.05, 4.69) is 60.8 Å². The van der Waals surface area contributed by atoms with Crippen LogP contribution in [-0.4, -0.2) is 59.7 Å². The first kappa shape index (κ1) is 18.6. The molecule has 140 valence electrons. The predicted octanol–water partition coefficient (Wildman–Crippen LogP) is 4.08. The van der Waals surface area contributed by atoms with Gasteiger partial charge in [0.2, 0.25) is 5.96 Å². The lowest BCUT2D eigenvalue weighted by Crippen LogP contribution is -2.51. The molecule has 0 saturated carbocycles. The molecule has 26 heavy (non-hydrogen) atoms. The van der Waals surface area contributed by atoms with E-state index in [1.807, 2.05) is 13.8 Å². The molecule has 5 heteroatoms. The maximum atomic E-state index is 5.05. The quantitative estimate of drug-likeness (QED) is 0.751. The molecule has 2 aliphatic heterocycles. The van der Waals surface area contributed by atoms with E-state index in [9.17, 15) is 0 Å². The van der Waals surface area contributed by atoms with E-state index in [4.69, 9.17) is 10.1 Å². The number of benzene rings is 1. The molecule has 1 fully saturated rings. The number of nitrogens with zero attached hydrogens (tertiary/aromatic N) is 5. The Hall–Kier alpha value is -2.14. The molecule has 0 unspecified atom stereocenters. The van der Waals surface area contributed by atoms with Gasteiger partial charge in [-0.1, -0.05) is 18.6 Å². The first-order valence-corrected chi connectivity index (χ1v) is 9.55. The fourth-order valence-electron chi connectivity index (χ4n) is 3.39. The number of piperazine rings is 1. The fraction of sp³-hybridized carbons (Fsp3) is 0.524. The second-order valence-corrected chi connectivity index (χ2v) is 7.56. The molecule has 1 aromatic rings. The molecular weight excluding hydrogens is 322 g/mol. The van der Waals surface area contributed by atoms with Gasteiger partial charge in [0, 0.05) is 37.5 Å². The van der Waals surface area contributed by atoms with Crippen LogP contribution in [0.25, 0.3) is 5.70 Å². The number of hydrogen-bond acceptors (Lipinski definition) is 5. The Kier molecular flexibility index (Phi) is 5.47. The standard InChI is InChI=1S/C21H31N5/c1-7-17(5)20-18-14-16(4)8-9-19(18)22-21(26(20)23-15(2)3)25-12-10-24(6)11-13-25/h8-9,14H,7,10-13H2,1-6H3. The number of hydrazone groups is 1. The first-order valence-electron chi connectivity index (χ1n) is 9.55. The zero-order chi connectivity index (χ0) is 18.8. The Morgan fingerprint density at radius 2 is 1.81 bits per heavy atom. The van der Waals surface area contributed by atoms with Crippen LogP contribution in [0.4, 0.5) is 5.69 Å². The highest BCUT2D eigenvalue weighted by Gasteiger charge is 2.31. The monoisotopic (exact) mass is 353 g/mol. The third-order valence-electron chi connectivity index (χ3n) is 5.05. The lowest BCUT2D eigenvalue weighted by atomic mass is 10.00. The zero-order valence-electron chi connectivity index (χ0n) is 17.0. The van der Waals surface area contributed by atoms with Crippen LogP contribution in [0.15, 0.2) is 33.9 Å². The van der Waals surface area contributed by atoms with Crippen molar-refractivity contribution in [2.24, 2.45) is 10.1 Å². The summed E-state index contributed by atoms with van der Waals surface area (Å²) in [5.74, 6) is 0.957. The highest BCUT2D eigenvalue weighted by Crippen LogP contribution is 2.38. The van der Waals surface area contributed by atoms with Crippen LogP contribution in [0.5, 0.6) is 0 Å². The molecule has 0 bridgehead atoms. The van der Waals surface area contributed by atoms with Crippen molar-refractivity contribution in [1.29, 1.82) is 0 Å². The SMILES string of the molecule is CCC(C)=C1c2cc(C)ccc2N=C(N2CCN(C)CC2)N1N=C(C)C. The van der Waals surface area contributed by atoms with Gasteiger partial charge in [0.15, 0.2) is 0 Å². The Morgan fingerprint density at radius 1 is 1.12 bits per heavy atom. The maximum absolute atomic E-state index is 5.05. The molecule has 1 saturated heterocycles. The Labute approximate surface area is 157 Å². The summed E-state index contributed by atoms with van der Waals surface area (Å²) in [5.41, 5.74) is 7.05. The van der Waals surface area contributed by atoms with Gasteiger partial charge >= 0.3 is 0 Å². The van der Waals surface area contributed by atoms with Crippen LogP contribution in [0.3, 0.4) is 0 Å². The minimum atomic E-state index is 0.957. The van der Waals surface area contributed by atoms with Gasteiger partial charge < -0.3 is 9.80 Å². The van der Waals surface area contributed by atoms with Crippen molar-refractivity contribution in [2.45, 2.75) is 41.0 Å². The molecule has 0 radical (unpaired) electrons. The molecule has 3 rings (SSSR count). The van der Waals surface area contributed by atoms with Crippen LogP contribution in [-0.2, 0) is 0 Å². The lowest BCUT2D eigenvalue weighted by molar-refractivity contribution is 0.204. The van der Waals surface area contributed by atoms with E-state index in [-0.39, 0.29) is 0 Å². The highest BCUT2D eigenvalue weighted by molar-refractivity contribution is 5.98. The largest absolute Gasteiger partial charge is 0.338 e. The molecule has 5 nitrogen and oxygen atoms in total. The summed E-state index contributed by atoms with van der Waals surface area (Å²) in [5, 5.41) is 6.98. The van der Waals surface area contributed by atoms with Gasteiger partial charge in [0.05, 0.1) is 11.4 Å². The van der Waals surface area contributed by atoms with Gasteiger partial charge in [-0.15, -0.1) is 0 Å². The van der Waals surface area contributed by atoms with Crippen LogP contribution >= 0.6 is 0 Å². The van der Waals surface area contributed by atoms with Crippen molar-refractivity contribution in [3.05, 3.63) is 34.9 Å². The van der Waals surface area contributed by atoms with Gasteiger partial charge in [-0.3, -0.25) is 0 Å². The van der Waals surface area contributed by atoms with Crippen molar-refractivity contribution >= 4 is 23.1 Å². The molecule has 0 aliphatic carbocycles. The Balaban J connectivity index is 2.17. The van der Waals surface area contributed by atoms with Gasteiger partial charge in [0.1, 0.15) is 0 Å². The van der Waals surface area contributed by atoms with Gasteiger partial charge in [-0.05, 0) is 58.9 Å². The van der Waals surface area contributed by atoms with E-state index in [1.54, 1.807) is 0 Å². The second-order valence-electron chi connectivity index (χ2n) is 7.56. The summed E-state index contributed by atoms with van der Waals surface area (Å²) in [7, 11) is 2.18. The van der Waals surface area contributed by atoms with E-state index in [0.29, 0.717) is 0 Å². The van der Waals surface area contributed by atoms with Crippen LogP contribution < -0.4 is 0 Å². The van der Waals surface area contributed by atoms with Crippen molar-refractivity contribution in [2.75, 3.05) is 33.2 Å². The lowest BCUT2D eigenvalue weighted by Gasteiger charge is -2.40. The third kappa shape index (κ3) is 3.68. The van der Waals surface area contributed by atoms with Gasteiger partial charge in [-0.25, -0.2) is 4.99 Å². The van der Waals surface area contributed by atoms with Crippen molar-refractivity contribution < 1.29 is 0 Å². The van der Waals surface area contributed by atoms with Crippen molar-refractivity contribution in [3.8, 4) is 0 Å². The number of fused-ring (bicyclic) bond motifs is 1. The second kappa shape index (κ2) is 7.62. The minimum absolute atomic E-state index is 0.957. The smallest absolute Gasteiger partial charge is 0.227 e. The molecule has 0 spiro atoms. The molecule has 0 N–H and O–H groups in total. The molecule has 0 atom stereocenters. The summed E-state index contributed by atoms with van der Waals surface area (Å²) in [6.45, 7) is 14.7. The highest BCUT2D eigenvalue weighted by atomic mass is 15.6.